The van der Waals surface area contributed by atoms with Gasteiger partial charge in [-0.1, -0.05) is 18.2 Å². The molecule has 0 fully saturated rings. The minimum absolute atomic E-state index is 0.0373. The second-order valence-electron chi connectivity index (χ2n) is 6.18. The number of carbonyl (C=O) groups is 2. The number of carboxylic acid groups (broad SMARTS) is 1. The Hall–Kier alpha value is -3.60. The van der Waals surface area contributed by atoms with E-state index in [1.807, 2.05) is 32.0 Å². The third kappa shape index (κ3) is 4.33. The number of hydrogen-bond acceptors (Lipinski definition) is 3. The molecule has 5 heteroatoms. The van der Waals surface area contributed by atoms with Gasteiger partial charge in [-0.2, -0.15) is 0 Å². The van der Waals surface area contributed by atoms with Crippen molar-refractivity contribution in [3.8, 4) is 11.5 Å². The summed E-state index contributed by atoms with van der Waals surface area (Å²) in [6.45, 7) is 4.06. The number of aromatic carboxylic acids is 1. The third-order valence-electron chi connectivity index (χ3n) is 4.23. The quantitative estimate of drug-likeness (QED) is 0.667. The van der Waals surface area contributed by atoms with Crippen molar-refractivity contribution in [2.75, 3.05) is 5.32 Å². The number of carbonyl (C=O) groups excluding carboxylic acids is 1. The topological polar surface area (TPSA) is 75.6 Å². The zero-order chi connectivity index (χ0) is 19.4. The van der Waals surface area contributed by atoms with E-state index in [-0.39, 0.29) is 11.1 Å². The van der Waals surface area contributed by atoms with E-state index in [1.54, 1.807) is 36.4 Å². The Labute approximate surface area is 157 Å². The number of hydrogen-bond donors (Lipinski definition) is 2. The van der Waals surface area contributed by atoms with Crippen molar-refractivity contribution in [1.29, 1.82) is 0 Å². The normalized spacial score (nSPS) is 10.3. The van der Waals surface area contributed by atoms with Crippen LogP contribution in [0.2, 0.25) is 0 Å². The zero-order valence-electron chi connectivity index (χ0n) is 15.0. The molecule has 1 amide bonds. The van der Waals surface area contributed by atoms with Gasteiger partial charge in [0.05, 0.1) is 11.1 Å². The van der Waals surface area contributed by atoms with Crippen molar-refractivity contribution in [2.24, 2.45) is 0 Å². The summed E-state index contributed by atoms with van der Waals surface area (Å²) < 4.78 is 5.82. The van der Waals surface area contributed by atoms with E-state index < -0.39 is 11.9 Å². The van der Waals surface area contributed by atoms with Crippen LogP contribution in [0.4, 0.5) is 5.69 Å². The summed E-state index contributed by atoms with van der Waals surface area (Å²) in [5.74, 6) is -0.235. The summed E-state index contributed by atoms with van der Waals surface area (Å²) in [6, 6.07) is 18.9. The monoisotopic (exact) mass is 361 g/mol. The average molecular weight is 361 g/mol. The van der Waals surface area contributed by atoms with Crippen LogP contribution in [0.5, 0.6) is 11.5 Å². The van der Waals surface area contributed by atoms with Crippen molar-refractivity contribution in [2.45, 2.75) is 13.8 Å². The van der Waals surface area contributed by atoms with Gasteiger partial charge in [0.25, 0.3) is 5.91 Å². The zero-order valence-corrected chi connectivity index (χ0v) is 15.0. The number of carboxylic acids is 1. The molecular formula is C22H19NO4. The first-order valence-corrected chi connectivity index (χ1v) is 8.43. The standard InChI is InChI=1S/C22H19NO4/c1-14-7-10-18(13-15(14)2)27-17-11-8-16(9-12-17)23-21(24)19-5-3-4-6-20(19)22(25)26/h3-13H,1-2H3,(H,23,24)(H,25,26). The summed E-state index contributed by atoms with van der Waals surface area (Å²) in [5.41, 5.74) is 2.97. The number of nitrogens with one attached hydrogen (secondary N) is 1. The van der Waals surface area contributed by atoms with Gasteiger partial charge in [-0.25, -0.2) is 4.79 Å². The molecule has 0 unspecified atom stereocenters. The molecule has 0 aliphatic carbocycles. The molecule has 3 aromatic rings. The van der Waals surface area contributed by atoms with Gasteiger partial charge in [-0.3, -0.25) is 4.79 Å². The van der Waals surface area contributed by atoms with Crippen LogP contribution < -0.4 is 10.1 Å². The molecule has 0 bridgehead atoms. The van der Waals surface area contributed by atoms with E-state index in [9.17, 15) is 14.7 Å². The molecule has 27 heavy (non-hydrogen) atoms. The minimum Gasteiger partial charge on any atom is -0.478 e. The van der Waals surface area contributed by atoms with Gasteiger partial charge in [-0.05, 0) is 73.5 Å². The minimum atomic E-state index is -1.14. The Bertz CT molecular complexity index is 993. The third-order valence-corrected chi connectivity index (χ3v) is 4.23. The Morgan fingerprint density at radius 1 is 0.815 bits per heavy atom. The summed E-state index contributed by atoms with van der Waals surface area (Å²) in [4.78, 5) is 23.6. The van der Waals surface area contributed by atoms with E-state index in [0.29, 0.717) is 11.4 Å². The number of amides is 1. The highest BCUT2D eigenvalue weighted by Gasteiger charge is 2.15. The van der Waals surface area contributed by atoms with Crippen LogP contribution in [0.15, 0.2) is 66.7 Å². The molecule has 0 aliphatic heterocycles. The molecule has 2 N–H and O–H groups in total. The Kier molecular flexibility index (Phi) is 5.22. The molecule has 136 valence electrons. The van der Waals surface area contributed by atoms with Crippen molar-refractivity contribution >= 4 is 17.6 Å². The van der Waals surface area contributed by atoms with Crippen LogP contribution in [-0.2, 0) is 0 Å². The fourth-order valence-corrected chi connectivity index (χ4v) is 2.59. The van der Waals surface area contributed by atoms with Crippen LogP contribution >= 0.6 is 0 Å². The van der Waals surface area contributed by atoms with E-state index in [1.165, 1.54) is 17.7 Å². The average Bonchev–Trinajstić information content (AvgIpc) is 2.66. The highest BCUT2D eigenvalue weighted by molar-refractivity contribution is 6.10. The fraction of sp³-hybridized carbons (Fsp3) is 0.0909. The van der Waals surface area contributed by atoms with Crippen molar-refractivity contribution in [3.63, 3.8) is 0 Å². The fourth-order valence-electron chi connectivity index (χ4n) is 2.59. The highest BCUT2D eigenvalue weighted by atomic mass is 16.5. The number of aryl methyl sites for hydroxylation is 2. The molecular weight excluding hydrogens is 342 g/mol. The first kappa shape index (κ1) is 18.2. The van der Waals surface area contributed by atoms with Crippen LogP contribution in [0.25, 0.3) is 0 Å². The summed E-state index contributed by atoms with van der Waals surface area (Å²) >= 11 is 0. The molecule has 0 aliphatic rings. The smallest absolute Gasteiger partial charge is 0.336 e. The van der Waals surface area contributed by atoms with Crippen LogP contribution in [-0.4, -0.2) is 17.0 Å². The molecule has 5 nitrogen and oxygen atoms in total. The van der Waals surface area contributed by atoms with Gasteiger partial charge in [0.1, 0.15) is 11.5 Å². The molecule has 0 aromatic heterocycles. The van der Waals surface area contributed by atoms with Crippen LogP contribution in [0.3, 0.4) is 0 Å². The van der Waals surface area contributed by atoms with Crippen molar-refractivity contribution in [3.05, 3.63) is 89.0 Å². The highest BCUT2D eigenvalue weighted by Crippen LogP contribution is 2.25. The van der Waals surface area contributed by atoms with Gasteiger partial charge < -0.3 is 15.2 Å². The first-order valence-electron chi connectivity index (χ1n) is 8.43. The Morgan fingerprint density at radius 3 is 2.07 bits per heavy atom. The second-order valence-corrected chi connectivity index (χ2v) is 6.18. The lowest BCUT2D eigenvalue weighted by molar-refractivity contribution is 0.0692. The molecule has 3 rings (SSSR count). The van der Waals surface area contributed by atoms with Gasteiger partial charge >= 0.3 is 5.97 Å². The Balaban J connectivity index is 1.71. The number of benzene rings is 3. The molecule has 0 saturated heterocycles. The van der Waals surface area contributed by atoms with Gasteiger partial charge in [-0.15, -0.1) is 0 Å². The van der Waals surface area contributed by atoms with Crippen LogP contribution in [0.1, 0.15) is 31.8 Å². The summed E-state index contributed by atoms with van der Waals surface area (Å²) in [7, 11) is 0. The second kappa shape index (κ2) is 7.74. The van der Waals surface area contributed by atoms with Gasteiger partial charge in [0, 0.05) is 5.69 Å². The van der Waals surface area contributed by atoms with Gasteiger partial charge in [0.15, 0.2) is 0 Å². The van der Waals surface area contributed by atoms with E-state index in [2.05, 4.69) is 5.32 Å². The molecule has 0 saturated carbocycles. The Morgan fingerprint density at radius 2 is 1.44 bits per heavy atom. The van der Waals surface area contributed by atoms with E-state index >= 15 is 0 Å². The largest absolute Gasteiger partial charge is 0.478 e. The number of rotatable bonds is 5. The lowest BCUT2D eigenvalue weighted by atomic mass is 10.1. The molecule has 0 spiro atoms. The SMILES string of the molecule is Cc1ccc(Oc2ccc(NC(=O)c3ccccc3C(=O)O)cc2)cc1C. The molecule has 0 heterocycles. The lowest BCUT2D eigenvalue weighted by Gasteiger charge is -2.10. The van der Waals surface area contributed by atoms with E-state index in [4.69, 9.17) is 4.74 Å². The number of ether oxygens (including phenoxy) is 1. The maximum atomic E-state index is 12.4. The predicted molar refractivity (Wildman–Crippen MR) is 104 cm³/mol. The molecule has 0 atom stereocenters. The molecule has 0 radical (unpaired) electrons. The van der Waals surface area contributed by atoms with Crippen LogP contribution in [0, 0.1) is 13.8 Å². The van der Waals surface area contributed by atoms with Crippen molar-refractivity contribution < 1.29 is 19.4 Å². The van der Waals surface area contributed by atoms with Gasteiger partial charge in [0.2, 0.25) is 0 Å². The van der Waals surface area contributed by atoms with E-state index in [0.717, 1.165) is 11.3 Å². The summed E-state index contributed by atoms with van der Waals surface area (Å²) in [5, 5.41) is 11.9. The number of anilines is 1. The van der Waals surface area contributed by atoms with Crippen molar-refractivity contribution in [1.82, 2.24) is 0 Å². The summed E-state index contributed by atoms with van der Waals surface area (Å²) in [6.07, 6.45) is 0. The maximum absolute atomic E-state index is 12.4. The molecule has 3 aromatic carbocycles. The maximum Gasteiger partial charge on any atom is 0.336 e. The lowest BCUT2D eigenvalue weighted by Crippen LogP contribution is -2.16. The predicted octanol–water partition coefficient (Wildman–Crippen LogP) is 5.05. The first-order chi connectivity index (χ1) is 12.9.